The number of azide groups is 1. The minimum atomic E-state index is -1.03. The van der Waals surface area contributed by atoms with Gasteiger partial charge in [-0.1, -0.05) is 23.3 Å². The summed E-state index contributed by atoms with van der Waals surface area (Å²) in [6, 6.07) is 11.5. The van der Waals surface area contributed by atoms with Crippen molar-refractivity contribution in [1.29, 1.82) is 0 Å². The van der Waals surface area contributed by atoms with E-state index in [-0.39, 0.29) is 12.5 Å². The molecule has 1 aliphatic carbocycles. The maximum absolute atomic E-state index is 10.7. The summed E-state index contributed by atoms with van der Waals surface area (Å²) < 4.78 is 1.05. The number of rotatable bonds is 8. The monoisotopic (exact) mass is 508 g/mol. The van der Waals surface area contributed by atoms with Crippen molar-refractivity contribution >= 4 is 44.7 Å². The second-order valence-electron chi connectivity index (χ2n) is 8.42. The molecule has 0 saturated heterocycles. The lowest BCUT2D eigenvalue weighted by molar-refractivity contribution is 0.0192. The number of nitrogens with one attached hydrogen (secondary N) is 2. The maximum Gasteiger partial charge on any atom is 0.225 e. The molecular formula is C23H24N8O2S2. The zero-order valence-corrected chi connectivity index (χ0v) is 20.5. The van der Waals surface area contributed by atoms with Gasteiger partial charge in [-0.3, -0.25) is 0 Å². The number of hydrogen-bond acceptors (Lipinski definition) is 10. The summed E-state index contributed by atoms with van der Waals surface area (Å²) in [5.41, 5.74) is 11.0. The fourth-order valence-electron chi connectivity index (χ4n) is 4.34. The number of benzene rings is 1. The van der Waals surface area contributed by atoms with Gasteiger partial charge in [0.15, 0.2) is 0 Å². The highest BCUT2D eigenvalue weighted by molar-refractivity contribution is 7.21. The Morgan fingerprint density at radius 2 is 2.00 bits per heavy atom. The predicted octanol–water partition coefficient (Wildman–Crippen LogP) is 4.57. The molecule has 10 nitrogen and oxygen atoms in total. The van der Waals surface area contributed by atoms with Crippen LogP contribution in [-0.2, 0) is 6.54 Å². The summed E-state index contributed by atoms with van der Waals surface area (Å²) in [6.07, 6.45) is -1.60. The first-order valence-electron chi connectivity index (χ1n) is 11.2. The highest BCUT2D eigenvalue weighted by atomic mass is 32.1. The van der Waals surface area contributed by atoms with Gasteiger partial charge in [0, 0.05) is 16.3 Å². The van der Waals surface area contributed by atoms with Crippen LogP contribution in [0.2, 0.25) is 0 Å². The quantitative estimate of drug-likeness (QED) is 0.155. The molecule has 4 atom stereocenters. The van der Waals surface area contributed by atoms with Crippen LogP contribution >= 0.6 is 22.7 Å². The Balaban J connectivity index is 1.50. The van der Waals surface area contributed by atoms with Gasteiger partial charge in [0.1, 0.15) is 16.9 Å². The minimum absolute atomic E-state index is 0.119. The van der Waals surface area contributed by atoms with Crippen molar-refractivity contribution < 1.29 is 10.2 Å². The summed E-state index contributed by atoms with van der Waals surface area (Å²) in [5, 5.41) is 34.2. The Hall–Kier alpha value is -3.28. The second kappa shape index (κ2) is 10.1. The molecule has 4 N–H and O–H groups in total. The van der Waals surface area contributed by atoms with Crippen molar-refractivity contribution in [3.8, 4) is 10.6 Å². The predicted molar refractivity (Wildman–Crippen MR) is 139 cm³/mol. The molecule has 0 spiro atoms. The Morgan fingerprint density at radius 3 is 2.77 bits per heavy atom. The molecule has 1 aromatic carbocycles. The number of hydrogen-bond donors (Lipinski definition) is 4. The number of thiophene rings is 1. The zero-order chi connectivity index (χ0) is 24.4. The van der Waals surface area contributed by atoms with Crippen molar-refractivity contribution in [3.05, 3.63) is 62.8 Å². The molecule has 0 bridgehead atoms. The maximum atomic E-state index is 10.7. The molecule has 0 radical (unpaired) electrons. The third-order valence-electron chi connectivity index (χ3n) is 6.10. The van der Waals surface area contributed by atoms with Gasteiger partial charge in [0.2, 0.25) is 5.95 Å². The first-order chi connectivity index (χ1) is 17.0. The van der Waals surface area contributed by atoms with Gasteiger partial charge >= 0.3 is 0 Å². The minimum Gasteiger partial charge on any atom is -0.390 e. The number of fused-ring (bicyclic) bond motifs is 1. The first kappa shape index (κ1) is 23.5. The number of para-hydroxylation sites is 1. The van der Waals surface area contributed by atoms with Crippen LogP contribution in [0.3, 0.4) is 0 Å². The third-order valence-corrected chi connectivity index (χ3v) is 8.03. The van der Waals surface area contributed by atoms with Crippen LogP contribution in [0.4, 0.5) is 11.8 Å². The van der Waals surface area contributed by atoms with Crippen LogP contribution < -0.4 is 10.6 Å². The van der Waals surface area contributed by atoms with Crippen molar-refractivity contribution in [1.82, 2.24) is 15.0 Å². The molecular weight excluding hydrogens is 484 g/mol. The standard InChI is InChI=1S/C23H24N8O2S2/c1-12-18(22-29-15-6-2-3-7-17(15)35-22)21(30-23(27-12)25-11-14-5-4-8-34-14)28-16-9-13(10-26-31-24)19(32)20(16)33/h2-8,13,16,19-20,32-33H,9-11H2,1H3,(H2,25,27,28,30)/t13-,16-,19-,20+/m1/s1. The lowest BCUT2D eigenvalue weighted by Crippen LogP contribution is -2.35. The van der Waals surface area contributed by atoms with Crippen LogP contribution in [0.5, 0.6) is 0 Å². The van der Waals surface area contributed by atoms with Gasteiger partial charge in [0.25, 0.3) is 0 Å². The topological polar surface area (TPSA) is 152 Å². The normalized spacial score (nSPS) is 21.7. The summed E-state index contributed by atoms with van der Waals surface area (Å²) in [6.45, 7) is 2.62. The fourth-order valence-corrected chi connectivity index (χ4v) is 6.04. The molecule has 0 unspecified atom stereocenters. The van der Waals surface area contributed by atoms with Crippen LogP contribution in [0.15, 0.2) is 46.9 Å². The van der Waals surface area contributed by atoms with Gasteiger partial charge in [-0.15, -0.1) is 22.7 Å². The molecule has 1 saturated carbocycles. The number of nitrogens with zero attached hydrogens (tertiary/aromatic N) is 6. The van der Waals surface area contributed by atoms with Crippen LogP contribution in [0.1, 0.15) is 17.0 Å². The average molecular weight is 509 g/mol. The first-order valence-corrected chi connectivity index (χ1v) is 12.9. The number of aliphatic hydroxyl groups is 2. The molecule has 0 amide bonds. The van der Waals surface area contributed by atoms with Gasteiger partial charge < -0.3 is 20.8 Å². The number of aliphatic hydroxyl groups excluding tert-OH is 2. The Kier molecular flexibility index (Phi) is 6.80. The van der Waals surface area contributed by atoms with E-state index in [0.717, 1.165) is 31.4 Å². The Labute approximate surface area is 209 Å². The lowest BCUT2D eigenvalue weighted by Gasteiger charge is -2.21. The fraction of sp³-hybridized carbons (Fsp3) is 0.348. The van der Waals surface area contributed by atoms with Crippen molar-refractivity contribution in [3.63, 3.8) is 0 Å². The van der Waals surface area contributed by atoms with Gasteiger partial charge in [-0.2, -0.15) is 4.98 Å². The molecule has 180 valence electrons. The number of thiazole rings is 1. The molecule has 4 aromatic rings. The molecule has 1 aliphatic rings. The second-order valence-corrected chi connectivity index (χ2v) is 10.5. The summed E-state index contributed by atoms with van der Waals surface area (Å²) in [7, 11) is 0. The summed E-state index contributed by atoms with van der Waals surface area (Å²) >= 11 is 3.20. The van der Waals surface area contributed by atoms with Crippen LogP contribution in [-0.4, -0.2) is 50.0 Å². The molecule has 3 aromatic heterocycles. The summed E-state index contributed by atoms with van der Waals surface area (Å²) in [4.78, 5) is 18.2. The Bertz CT molecular complexity index is 1340. The zero-order valence-electron chi connectivity index (χ0n) is 18.9. The van der Waals surface area contributed by atoms with Crippen molar-refractivity contribution in [2.45, 2.75) is 38.1 Å². The highest BCUT2D eigenvalue weighted by Crippen LogP contribution is 2.38. The molecule has 12 heteroatoms. The number of aromatic nitrogens is 3. The van der Waals surface area contributed by atoms with Gasteiger partial charge in [-0.25, -0.2) is 9.97 Å². The third kappa shape index (κ3) is 4.93. The van der Waals surface area contributed by atoms with E-state index < -0.39 is 18.2 Å². The van der Waals surface area contributed by atoms with Crippen molar-refractivity contribution in [2.75, 3.05) is 17.2 Å². The van der Waals surface area contributed by atoms with Gasteiger partial charge in [0.05, 0.1) is 40.2 Å². The molecule has 35 heavy (non-hydrogen) atoms. The van der Waals surface area contributed by atoms with E-state index in [9.17, 15) is 10.2 Å². The van der Waals surface area contributed by atoms with Crippen LogP contribution in [0.25, 0.3) is 31.2 Å². The highest BCUT2D eigenvalue weighted by Gasteiger charge is 2.41. The van der Waals surface area contributed by atoms with Crippen LogP contribution in [0, 0.1) is 12.8 Å². The van der Waals surface area contributed by atoms with Crippen molar-refractivity contribution in [2.24, 2.45) is 11.0 Å². The van der Waals surface area contributed by atoms with Gasteiger partial charge in [-0.05, 0) is 48.4 Å². The molecule has 5 rings (SSSR count). The van der Waals surface area contributed by atoms with E-state index >= 15 is 0 Å². The molecule has 1 fully saturated rings. The lowest BCUT2D eigenvalue weighted by atomic mass is 10.1. The SMILES string of the molecule is Cc1nc(NCc2cccs2)nc(N[C@@H]2C[C@H](CN=[N+]=[N-])[C@@H](O)[C@H]2O)c1-c1nc2ccccc2s1. The number of anilines is 2. The average Bonchev–Trinajstić information content (AvgIpc) is 3.58. The Morgan fingerprint density at radius 1 is 1.14 bits per heavy atom. The summed E-state index contributed by atoms with van der Waals surface area (Å²) in [5.74, 6) is 0.650. The number of aryl methyl sites for hydroxylation is 1. The van der Waals surface area contributed by atoms with E-state index in [4.69, 9.17) is 15.5 Å². The largest absolute Gasteiger partial charge is 0.390 e. The molecule has 0 aliphatic heterocycles. The smallest absolute Gasteiger partial charge is 0.225 e. The van der Waals surface area contributed by atoms with E-state index in [0.29, 0.717) is 24.7 Å². The van der Waals surface area contributed by atoms with E-state index in [1.807, 2.05) is 48.7 Å². The van der Waals surface area contributed by atoms with E-state index in [2.05, 4.69) is 25.6 Å². The van der Waals surface area contributed by atoms with E-state index in [1.165, 1.54) is 0 Å². The van der Waals surface area contributed by atoms with E-state index in [1.54, 1.807) is 22.7 Å². The molecule has 3 heterocycles.